The maximum absolute atomic E-state index is 13.4. The fourth-order valence-electron chi connectivity index (χ4n) is 1.95. The Morgan fingerprint density at radius 2 is 2.11 bits per heavy atom. The molecule has 0 radical (unpaired) electrons. The molecule has 1 rings (SSSR count). The Bertz CT molecular complexity index is 390. The Morgan fingerprint density at radius 1 is 1.32 bits per heavy atom. The third kappa shape index (κ3) is 6.97. The van der Waals surface area contributed by atoms with Crippen LogP contribution in [0.25, 0.3) is 0 Å². The van der Waals surface area contributed by atoms with Gasteiger partial charge in [0.15, 0.2) is 0 Å². The fourth-order valence-corrected chi connectivity index (χ4v) is 1.95. The lowest BCUT2D eigenvalue weighted by Crippen LogP contribution is -2.17. The van der Waals surface area contributed by atoms with Crippen LogP contribution >= 0.6 is 0 Å². The van der Waals surface area contributed by atoms with E-state index >= 15 is 0 Å². The summed E-state index contributed by atoms with van der Waals surface area (Å²) in [4.78, 5) is 0. The van der Waals surface area contributed by atoms with Gasteiger partial charge in [0.2, 0.25) is 0 Å². The summed E-state index contributed by atoms with van der Waals surface area (Å²) in [5.74, 6) is 0.333. The van der Waals surface area contributed by atoms with Gasteiger partial charge in [-0.1, -0.05) is 6.08 Å². The van der Waals surface area contributed by atoms with Crippen LogP contribution in [0.1, 0.15) is 38.2 Å². The van der Waals surface area contributed by atoms with Crippen LogP contribution in [0.4, 0.5) is 4.39 Å². The summed E-state index contributed by atoms with van der Waals surface area (Å²) < 4.78 is 19.0. The molecule has 1 aromatic rings. The zero-order chi connectivity index (χ0) is 14.1. The molecule has 0 spiro atoms. The highest BCUT2D eigenvalue weighted by atomic mass is 19.1. The number of benzene rings is 1. The zero-order valence-electron chi connectivity index (χ0n) is 11.7. The van der Waals surface area contributed by atoms with Crippen LogP contribution in [0.3, 0.4) is 0 Å². The van der Waals surface area contributed by atoms with Crippen LogP contribution in [0.2, 0.25) is 0 Å². The predicted molar refractivity (Wildman–Crippen MR) is 77.9 cm³/mol. The third-order valence-electron chi connectivity index (χ3n) is 2.81. The van der Waals surface area contributed by atoms with Crippen molar-refractivity contribution in [1.29, 1.82) is 0 Å². The van der Waals surface area contributed by atoms with E-state index in [4.69, 9.17) is 10.5 Å². The van der Waals surface area contributed by atoms with Gasteiger partial charge < -0.3 is 10.5 Å². The van der Waals surface area contributed by atoms with E-state index in [9.17, 15) is 4.39 Å². The third-order valence-corrected chi connectivity index (χ3v) is 2.81. The molecule has 0 fully saturated rings. The van der Waals surface area contributed by atoms with Crippen molar-refractivity contribution in [3.05, 3.63) is 42.2 Å². The van der Waals surface area contributed by atoms with Gasteiger partial charge in [-0.3, -0.25) is 0 Å². The molecule has 1 unspecified atom stereocenters. The highest BCUT2D eigenvalue weighted by Crippen LogP contribution is 2.18. The van der Waals surface area contributed by atoms with Gasteiger partial charge in [0.25, 0.3) is 0 Å². The maximum Gasteiger partial charge on any atom is 0.127 e. The van der Waals surface area contributed by atoms with Crippen molar-refractivity contribution in [3.8, 4) is 5.75 Å². The van der Waals surface area contributed by atoms with E-state index in [1.807, 2.05) is 19.1 Å². The standard InChI is InChI=1S/C16H24FNO/c1-3-4-5-6-7-8-19-16-11-14(9-13(2)18)10-15(17)12-16/h3,10-13H,1,4-9,18H2,2H3. The Kier molecular flexibility index (Phi) is 7.19. The van der Waals surface area contributed by atoms with E-state index in [1.165, 1.54) is 12.1 Å². The van der Waals surface area contributed by atoms with Gasteiger partial charge >= 0.3 is 0 Å². The first-order chi connectivity index (χ1) is 9.11. The van der Waals surface area contributed by atoms with Crippen LogP contribution in [-0.4, -0.2) is 12.6 Å². The molecule has 0 heterocycles. The van der Waals surface area contributed by atoms with E-state index < -0.39 is 0 Å². The summed E-state index contributed by atoms with van der Waals surface area (Å²) in [5.41, 5.74) is 6.61. The van der Waals surface area contributed by atoms with Gasteiger partial charge in [-0.15, -0.1) is 6.58 Å². The molecule has 0 bridgehead atoms. The first-order valence-corrected chi connectivity index (χ1v) is 6.90. The number of unbranched alkanes of at least 4 members (excludes halogenated alkanes) is 3. The van der Waals surface area contributed by atoms with Crippen LogP contribution in [0.5, 0.6) is 5.75 Å². The Morgan fingerprint density at radius 3 is 2.79 bits per heavy atom. The molecule has 1 atom stereocenters. The second-order valence-corrected chi connectivity index (χ2v) is 4.96. The van der Waals surface area contributed by atoms with Crippen LogP contribution < -0.4 is 10.5 Å². The van der Waals surface area contributed by atoms with Gasteiger partial charge in [-0.2, -0.15) is 0 Å². The van der Waals surface area contributed by atoms with E-state index in [-0.39, 0.29) is 11.9 Å². The quantitative estimate of drug-likeness (QED) is 0.544. The zero-order valence-corrected chi connectivity index (χ0v) is 11.7. The van der Waals surface area contributed by atoms with Crippen LogP contribution in [0.15, 0.2) is 30.9 Å². The van der Waals surface area contributed by atoms with Crippen molar-refractivity contribution < 1.29 is 9.13 Å². The SMILES string of the molecule is C=CCCCCCOc1cc(F)cc(CC(C)N)c1. The largest absolute Gasteiger partial charge is 0.493 e. The van der Waals surface area contributed by atoms with E-state index in [0.717, 1.165) is 31.2 Å². The highest BCUT2D eigenvalue weighted by Gasteiger charge is 2.04. The second kappa shape index (κ2) is 8.70. The summed E-state index contributed by atoms with van der Waals surface area (Å²) in [7, 11) is 0. The normalized spacial score (nSPS) is 12.2. The minimum atomic E-state index is -0.264. The summed E-state index contributed by atoms with van der Waals surface area (Å²) in [5, 5.41) is 0. The van der Waals surface area contributed by atoms with Gasteiger partial charge in [0.05, 0.1) is 6.61 Å². The molecule has 2 N–H and O–H groups in total. The molecule has 1 aromatic carbocycles. The lowest BCUT2D eigenvalue weighted by Gasteiger charge is -2.10. The Balaban J connectivity index is 2.40. The molecule has 0 aromatic heterocycles. The molecule has 106 valence electrons. The number of ether oxygens (including phenoxy) is 1. The molecular formula is C16H24FNO. The predicted octanol–water partition coefficient (Wildman–Crippen LogP) is 3.84. The molecule has 3 heteroatoms. The molecule has 2 nitrogen and oxygen atoms in total. The maximum atomic E-state index is 13.4. The summed E-state index contributed by atoms with van der Waals surface area (Å²) >= 11 is 0. The number of rotatable bonds is 9. The molecule has 0 amide bonds. The molecule has 0 aliphatic heterocycles. The first kappa shape index (κ1) is 15.7. The topological polar surface area (TPSA) is 35.2 Å². The lowest BCUT2D eigenvalue weighted by molar-refractivity contribution is 0.303. The average molecular weight is 265 g/mol. The van der Waals surface area contributed by atoms with E-state index in [2.05, 4.69) is 6.58 Å². The molecule has 0 aliphatic rings. The Hall–Kier alpha value is -1.35. The van der Waals surface area contributed by atoms with Crippen molar-refractivity contribution >= 4 is 0 Å². The minimum absolute atomic E-state index is 0.0218. The summed E-state index contributed by atoms with van der Waals surface area (Å²) in [6.45, 7) is 6.22. The first-order valence-electron chi connectivity index (χ1n) is 6.90. The molecule has 0 saturated heterocycles. The van der Waals surface area contributed by atoms with Crippen LogP contribution in [-0.2, 0) is 6.42 Å². The molecule has 0 saturated carbocycles. The lowest BCUT2D eigenvalue weighted by atomic mass is 10.1. The molecular weight excluding hydrogens is 241 g/mol. The van der Waals surface area contributed by atoms with Crippen molar-refractivity contribution in [2.45, 2.75) is 45.1 Å². The van der Waals surface area contributed by atoms with Crippen molar-refractivity contribution in [2.75, 3.05) is 6.61 Å². The van der Waals surface area contributed by atoms with Crippen molar-refractivity contribution in [3.63, 3.8) is 0 Å². The number of hydrogen-bond donors (Lipinski definition) is 1. The monoisotopic (exact) mass is 265 g/mol. The summed E-state index contributed by atoms with van der Waals surface area (Å²) in [6.07, 6.45) is 6.84. The van der Waals surface area contributed by atoms with Gasteiger partial charge in [-0.25, -0.2) is 4.39 Å². The Labute approximate surface area is 115 Å². The number of allylic oxidation sites excluding steroid dienone is 1. The van der Waals surface area contributed by atoms with Crippen molar-refractivity contribution in [2.24, 2.45) is 5.73 Å². The van der Waals surface area contributed by atoms with Crippen molar-refractivity contribution in [1.82, 2.24) is 0 Å². The minimum Gasteiger partial charge on any atom is -0.493 e. The number of nitrogens with two attached hydrogens (primary N) is 1. The highest BCUT2D eigenvalue weighted by molar-refractivity contribution is 5.30. The second-order valence-electron chi connectivity index (χ2n) is 4.96. The van der Waals surface area contributed by atoms with Gasteiger partial charge in [0, 0.05) is 12.1 Å². The summed E-state index contributed by atoms with van der Waals surface area (Å²) in [6, 6.07) is 4.83. The number of hydrogen-bond acceptors (Lipinski definition) is 2. The van der Waals surface area contributed by atoms with E-state index in [0.29, 0.717) is 18.8 Å². The average Bonchev–Trinajstić information content (AvgIpc) is 2.32. The number of halogens is 1. The molecule has 19 heavy (non-hydrogen) atoms. The van der Waals surface area contributed by atoms with E-state index in [1.54, 1.807) is 0 Å². The fraction of sp³-hybridized carbons (Fsp3) is 0.500. The van der Waals surface area contributed by atoms with Crippen LogP contribution in [0, 0.1) is 5.82 Å². The smallest absolute Gasteiger partial charge is 0.127 e. The van der Waals surface area contributed by atoms with Gasteiger partial charge in [0.1, 0.15) is 11.6 Å². The molecule has 0 aliphatic carbocycles. The van der Waals surface area contributed by atoms with Gasteiger partial charge in [-0.05, 0) is 56.7 Å².